The van der Waals surface area contributed by atoms with Gasteiger partial charge in [0, 0.05) is 37.9 Å². The number of nitrogens with zero attached hydrogens (tertiary/aromatic N) is 6. The fourth-order valence-corrected chi connectivity index (χ4v) is 8.22. The number of alkyl halides is 3. The topological polar surface area (TPSA) is 112 Å². The maximum absolute atomic E-state index is 14.8. The molecule has 0 unspecified atom stereocenters. The molecule has 2 aromatic heterocycles. The van der Waals surface area contributed by atoms with E-state index >= 15 is 0 Å². The summed E-state index contributed by atoms with van der Waals surface area (Å²) in [6, 6.07) is 6.18. The molecule has 14 heteroatoms. The number of carbonyl (C=O) groups excluding carboxylic acids is 2. The Labute approximate surface area is 301 Å². The van der Waals surface area contributed by atoms with Gasteiger partial charge in [-0.15, -0.1) is 10.2 Å². The zero-order valence-corrected chi connectivity index (χ0v) is 30.7. The number of hydrogen-bond donors (Lipinski definition) is 0. The predicted molar refractivity (Wildman–Crippen MR) is 185 cm³/mol. The Balaban J connectivity index is 1.28. The molecule has 3 saturated carbocycles. The number of halogens is 3. The van der Waals surface area contributed by atoms with Crippen molar-refractivity contribution in [3.63, 3.8) is 0 Å². The minimum atomic E-state index is -4.75. The molecule has 1 aliphatic heterocycles. The van der Waals surface area contributed by atoms with Crippen LogP contribution in [0, 0.1) is 0 Å². The largest absolute Gasteiger partial charge is 0.474 e. The molecule has 3 aliphatic carbocycles. The van der Waals surface area contributed by atoms with Crippen LogP contribution in [0.4, 0.5) is 23.8 Å². The number of amides is 2. The Morgan fingerprint density at radius 3 is 2.33 bits per heavy atom. The van der Waals surface area contributed by atoms with Gasteiger partial charge < -0.3 is 18.8 Å². The third kappa shape index (κ3) is 6.62. The van der Waals surface area contributed by atoms with Crippen LogP contribution in [-0.4, -0.2) is 67.1 Å². The van der Waals surface area contributed by atoms with Crippen molar-refractivity contribution in [2.24, 2.45) is 7.05 Å². The Morgan fingerprint density at radius 2 is 1.75 bits per heavy atom. The molecule has 52 heavy (non-hydrogen) atoms. The van der Waals surface area contributed by atoms with Gasteiger partial charge in [-0.1, -0.05) is 0 Å². The molecule has 0 spiro atoms. The number of aromatic nitrogens is 4. The fraction of sp³-hybridized carbons (Fsp3) is 0.605. The molecule has 3 heterocycles. The van der Waals surface area contributed by atoms with Gasteiger partial charge in [-0.3, -0.25) is 14.6 Å². The van der Waals surface area contributed by atoms with Crippen molar-refractivity contribution in [3.8, 4) is 5.88 Å². The van der Waals surface area contributed by atoms with Gasteiger partial charge in [-0.05, 0) is 120 Å². The standard InChI is InChI=1S/C38H47F3N6O5/c1-35(2,3)52-34(49)47(36(4)12-9-13-36)20-23-14-27-28(29(15-23)38(39,40)41)21-46(32(27)48)30-16-24(17-31(43-30)51-25-10-7-8-11-25)37(18-26(19-37)50-6)33-44-42-22-45(33)5/h14-17,22,25-26H,7-13,18-21H2,1-6H3. The number of carbonyl (C=O) groups is 2. The van der Waals surface area contributed by atoms with E-state index < -0.39 is 40.3 Å². The first-order valence-electron chi connectivity index (χ1n) is 18.1. The lowest BCUT2D eigenvalue weighted by molar-refractivity contribution is -0.138. The molecular weight excluding hydrogens is 677 g/mol. The zero-order chi connectivity index (χ0) is 37.2. The Bertz CT molecular complexity index is 1850. The van der Waals surface area contributed by atoms with Crippen molar-refractivity contribution >= 4 is 17.8 Å². The van der Waals surface area contributed by atoms with Crippen LogP contribution in [0.15, 0.2) is 30.6 Å². The molecule has 0 N–H and O–H groups in total. The van der Waals surface area contributed by atoms with E-state index in [2.05, 4.69) is 10.2 Å². The first kappa shape index (κ1) is 36.2. The van der Waals surface area contributed by atoms with Gasteiger partial charge in [0.05, 0.1) is 23.6 Å². The summed E-state index contributed by atoms with van der Waals surface area (Å²) in [6.07, 6.45) is 3.44. The van der Waals surface area contributed by atoms with Crippen molar-refractivity contribution in [3.05, 3.63) is 64.2 Å². The highest BCUT2D eigenvalue weighted by atomic mass is 19.4. The fourth-order valence-electron chi connectivity index (χ4n) is 8.22. The number of methoxy groups -OCH3 is 1. The summed E-state index contributed by atoms with van der Waals surface area (Å²) in [6.45, 7) is 6.70. The van der Waals surface area contributed by atoms with Crippen LogP contribution in [0.1, 0.15) is 124 Å². The summed E-state index contributed by atoms with van der Waals surface area (Å²) in [5.41, 5.74) is -2.13. The maximum atomic E-state index is 14.8. The molecule has 0 radical (unpaired) electrons. The normalized spacial score (nSPS) is 22.9. The van der Waals surface area contributed by atoms with Crippen LogP contribution < -0.4 is 9.64 Å². The second-order valence-electron chi connectivity index (χ2n) is 16.2. The Kier molecular flexibility index (Phi) is 9.06. The number of rotatable bonds is 9. The van der Waals surface area contributed by atoms with Crippen molar-refractivity contribution < 1.29 is 37.0 Å². The van der Waals surface area contributed by atoms with Gasteiger partial charge in [-0.25, -0.2) is 4.79 Å². The first-order chi connectivity index (χ1) is 24.5. The molecule has 7 rings (SSSR count). The summed E-state index contributed by atoms with van der Waals surface area (Å²) in [5.74, 6) is 0.610. The van der Waals surface area contributed by atoms with Crippen LogP contribution in [0.3, 0.4) is 0 Å². The van der Waals surface area contributed by atoms with Gasteiger partial charge in [0.1, 0.15) is 29.7 Å². The number of anilines is 1. The number of aryl methyl sites for hydroxylation is 1. The maximum Gasteiger partial charge on any atom is 0.416 e. The summed E-state index contributed by atoms with van der Waals surface area (Å²) >= 11 is 0. The van der Waals surface area contributed by atoms with Crippen LogP contribution in [0.25, 0.3) is 0 Å². The lowest BCUT2D eigenvalue weighted by Gasteiger charge is -2.47. The minimum absolute atomic E-state index is 0.0413. The molecule has 2 amide bonds. The summed E-state index contributed by atoms with van der Waals surface area (Å²) in [5, 5.41) is 8.57. The van der Waals surface area contributed by atoms with Crippen LogP contribution in [0.2, 0.25) is 0 Å². The van der Waals surface area contributed by atoms with Crippen LogP contribution in [-0.2, 0) is 41.2 Å². The van der Waals surface area contributed by atoms with Crippen molar-refractivity contribution in [1.82, 2.24) is 24.6 Å². The van der Waals surface area contributed by atoms with Crippen molar-refractivity contribution in [1.29, 1.82) is 0 Å². The number of pyridine rings is 1. The summed E-state index contributed by atoms with van der Waals surface area (Å²) < 4.78 is 64.1. The van der Waals surface area contributed by atoms with Gasteiger partial charge >= 0.3 is 12.3 Å². The molecule has 1 aromatic carbocycles. The zero-order valence-electron chi connectivity index (χ0n) is 30.7. The highest BCUT2D eigenvalue weighted by molar-refractivity contribution is 6.10. The molecular formula is C38H47F3N6O5. The monoisotopic (exact) mass is 724 g/mol. The first-order valence-corrected chi connectivity index (χ1v) is 18.1. The van der Waals surface area contributed by atoms with Gasteiger partial charge in [0.15, 0.2) is 0 Å². The lowest BCUT2D eigenvalue weighted by atomic mass is 9.62. The molecule has 280 valence electrons. The number of hydrogen-bond acceptors (Lipinski definition) is 8. The number of benzene rings is 1. The average molecular weight is 725 g/mol. The molecule has 0 saturated heterocycles. The second kappa shape index (κ2) is 13.0. The summed E-state index contributed by atoms with van der Waals surface area (Å²) in [4.78, 5) is 35.3. The highest BCUT2D eigenvalue weighted by Crippen LogP contribution is 2.51. The lowest BCUT2D eigenvalue weighted by Crippen LogP contribution is -2.54. The average Bonchev–Trinajstić information content (AvgIpc) is 3.78. The third-order valence-corrected chi connectivity index (χ3v) is 11.3. The molecule has 11 nitrogen and oxygen atoms in total. The van der Waals surface area contributed by atoms with Crippen molar-refractivity contribution in [2.75, 3.05) is 12.0 Å². The van der Waals surface area contributed by atoms with E-state index in [4.69, 9.17) is 19.2 Å². The highest BCUT2D eigenvalue weighted by Gasteiger charge is 2.51. The molecule has 0 atom stereocenters. The minimum Gasteiger partial charge on any atom is -0.474 e. The number of ether oxygens (including phenoxy) is 3. The van der Waals surface area contributed by atoms with Gasteiger partial charge in [-0.2, -0.15) is 18.2 Å². The Hall–Kier alpha value is -4.20. The Morgan fingerprint density at radius 1 is 1.04 bits per heavy atom. The SMILES string of the molecule is COC1CC(c2cc(OC3CCCC3)nc(N3Cc4c(cc(CN(C(=O)OC(C)(C)C)C5(C)CCC5)cc4C(F)(F)F)C3=O)c2)(c2nncn2C)C1. The third-order valence-electron chi connectivity index (χ3n) is 11.3. The molecule has 4 aliphatic rings. The molecule has 3 fully saturated rings. The second-order valence-corrected chi connectivity index (χ2v) is 16.2. The quantitative estimate of drug-likeness (QED) is 0.223. The molecule has 0 bridgehead atoms. The van der Waals surface area contributed by atoms with E-state index in [9.17, 15) is 22.8 Å². The summed E-state index contributed by atoms with van der Waals surface area (Å²) in [7, 11) is 3.52. The van der Waals surface area contributed by atoms with E-state index in [0.717, 1.165) is 43.7 Å². The van der Waals surface area contributed by atoms with Crippen LogP contribution in [0.5, 0.6) is 5.88 Å². The van der Waals surface area contributed by atoms with E-state index in [1.54, 1.807) is 40.3 Å². The van der Waals surface area contributed by atoms with E-state index in [1.165, 1.54) is 15.9 Å². The van der Waals surface area contributed by atoms with E-state index in [1.807, 2.05) is 24.6 Å². The van der Waals surface area contributed by atoms with Crippen molar-refractivity contribution in [2.45, 2.75) is 134 Å². The van der Waals surface area contributed by atoms with E-state index in [-0.39, 0.29) is 47.8 Å². The van der Waals surface area contributed by atoms with Gasteiger partial charge in [0.25, 0.3) is 5.91 Å². The number of fused-ring (bicyclic) bond motifs is 1. The smallest absolute Gasteiger partial charge is 0.416 e. The van der Waals surface area contributed by atoms with Gasteiger partial charge in [0.2, 0.25) is 5.88 Å². The molecule has 3 aromatic rings. The van der Waals surface area contributed by atoms with E-state index in [0.29, 0.717) is 37.4 Å². The van der Waals surface area contributed by atoms with Crippen LogP contribution >= 0.6 is 0 Å². The predicted octanol–water partition coefficient (Wildman–Crippen LogP) is 7.49.